The maximum atomic E-state index is 6.31. The van der Waals surface area contributed by atoms with Crippen LogP contribution in [0, 0.1) is 6.92 Å². The highest BCUT2D eigenvalue weighted by atomic mass is 16.5. The number of rotatable bonds is 6. The molecule has 0 spiro atoms. The van der Waals surface area contributed by atoms with E-state index in [1.165, 1.54) is 0 Å². The molecule has 0 aliphatic rings. The number of nitrogens with two attached hydrogens (primary N) is 1. The number of ether oxygens (including phenoxy) is 1. The number of hydrogen-bond acceptors (Lipinski definition) is 7. The second-order valence-electron chi connectivity index (χ2n) is 8.20. The minimum absolute atomic E-state index is 0.0129. The molecule has 5 aromatic rings. The molecule has 0 saturated heterocycles. The lowest BCUT2D eigenvalue weighted by atomic mass is 10.0. The van der Waals surface area contributed by atoms with Gasteiger partial charge in [0.15, 0.2) is 5.82 Å². The van der Waals surface area contributed by atoms with Crippen molar-refractivity contribution in [1.29, 1.82) is 0 Å². The second kappa shape index (κ2) is 9.23. The maximum Gasteiger partial charge on any atom is 0.257 e. The van der Waals surface area contributed by atoms with Gasteiger partial charge in [0.1, 0.15) is 5.69 Å². The number of hydrogen-bond donors (Lipinski definition) is 1. The van der Waals surface area contributed by atoms with Crippen LogP contribution in [0.2, 0.25) is 0 Å². The fourth-order valence-electron chi connectivity index (χ4n) is 3.94. The zero-order chi connectivity index (χ0) is 23.5. The van der Waals surface area contributed by atoms with Gasteiger partial charge in [0, 0.05) is 34.8 Å². The van der Waals surface area contributed by atoms with Gasteiger partial charge in [0.2, 0.25) is 0 Å². The fourth-order valence-corrected chi connectivity index (χ4v) is 3.94. The van der Waals surface area contributed by atoms with Gasteiger partial charge in [0.25, 0.3) is 5.88 Å². The Morgan fingerprint density at radius 1 is 0.882 bits per heavy atom. The van der Waals surface area contributed by atoms with E-state index in [4.69, 9.17) is 20.4 Å². The Labute approximate surface area is 197 Å². The molecule has 3 heterocycles. The van der Waals surface area contributed by atoms with Gasteiger partial charge in [-0.3, -0.25) is 4.98 Å². The van der Waals surface area contributed by atoms with Gasteiger partial charge in [0.05, 0.1) is 23.5 Å². The van der Waals surface area contributed by atoms with Crippen LogP contribution in [-0.4, -0.2) is 31.8 Å². The van der Waals surface area contributed by atoms with Gasteiger partial charge in [-0.1, -0.05) is 49.4 Å². The van der Waals surface area contributed by atoms with E-state index >= 15 is 0 Å². The average Bonchev–Trinajstić information content (AvgIpc) is 2.88. The van der Waals surface area contributed by atoms with E-state index < -0.39 is 0 Å². The lowest BCUT2D eigenvalue weighted by molar-refractivity contribution is 0.283. The summed E-state index contributed by atoms with van der Waals surface area (Å²) in [7, 11) is 0. The molecule has 0 fully saturated rings. The normalized spacial score (nSPS) is 11.9. The van der Waals surface area contributed by atoms with E-state index in [1.54, 1.807) is 12.4 Å². The fraction of sp³-hybridized carbons (Fsp3) is 0.148. The standard InChI is InChI=1S/C27H24N6O/c1-17-12-14-30-33-23(17)18(2)16-34-27-26(28)31-24(19-7-4-3-5-8-19)25(32-27)21-10-11-22-20(15-21)9-6-13-29-22/h3-15,18H,16H2,1-2H3,(H2,28,31). The average molecular weight is 449 g/mol. The van der Waals surface area contributed by atoms with Crippen molar-refractivity contribution in [3.8, 4) is 28.4 Å². The van der Waals surface area contributed by atoms with Crippen LogP contribution in [0.3, 0.4) is 0 Å². The Bertz CT molecular complexity index is 1450. The number of fused-ring (bicyclic) bond motifs is 1. The predicted octanol–water partition coefficient (Wildman–Crippen LogP) is 5.22. The van der Waals surface area contributed by atoms with Crippen molar-refractivity contribution in [2.75, 3.05) is 12.3 Å². The molecule has 0 amide bonds. The van der Waals surface area contributed by atoms with E-state index in [-0.39, 0.29) is 11.7 Å². The van der Waals surface area contributed by atoms with Crippen LogP contribution in [0.5, 0.6) is 5.88 Å². The van der Waals surface area contributed by atoms with Crippen molar-refractivity contribution in [2.24, 2.45) is 0 Å². The van der Waals surface area contributed by atoms with Crippen molar-refractivity contribution < 1.29 is 4.74 Å². The van der Waals surface area contributed by atoms with Crippen LogP contribution in [0.25, 0.3) is 33.4 Å². The first kappa shape index (κ1) is 21.5. The van der Waals surface area contributed by atoms with Crippen molar-refractivity contribution >= 4 is 16.7 Å². The van der Waals surface area contributed by atoms with Gasteiger partial charge in [-0.2, -0.15) is 10.2 Å². The molecular formula is C27H24N6O. The number of aromatic nitrogens is 5. The third-order valence-electron chi connectivity index (χ3n) is 5.71. The van der Waals surface area contributed by atoms with E-state index in [0.29, 0.717) is 23.9 Å². The van der Waals surface area contributed by atoms with Gasteiger partial charge >= 0.3 is 0 Å². The third-order valence-corrected chi connectivity index (χ3v) is 5.71. The molecule has 2 N–H and O–H groups in total. The first-order chi connectivity index (χ1) is 16.6. The number of pyridine rings is 1. The molecule has 34 heavy (non-hydrogen) atoms. The molecule has 0 saturated carbocycles. The zero-order valence-corrected chi connectivity index (χ0v) is 19.0. The molecule has 7 nitrogen and oxygen atoms in total. The molecular weight excluding hydrogens is 424 g/mol. The summed E-state index contributed by atoms with van der Waals surface area (Å²) in [6.07, 6.45) is 3.47. The Balaban J connectivity index is 1.55. The summed E-state index contributed by atoms with van der Waals surface area (Å²) in [5.41, 5.74) is 12.4. The van der Waals surface area contributed by atoms with Crippen LogP contribution < -0.4 is 10.5 Å². The molecule has 7 heteroatoms. The summed E-state index contributed by atoms with van der Waals surface area (Å²) in [6.45, 7) is 4.40. The zero-order valence-electron chi connectivity index (χ0n) is 19.0. The largest absolute Gasteiger partial charge is 0.474 e. The van der Waals surface area contributed by atoms with E-state index in [2.05, 4.69) is 21.2 Å². The third kappa shape index (κ3) is 4.28. The Hall–Kier alpha value is -4.39. The highest BCUT2D eigenvalue weighted by Gasteiger charge is 2.19. The molecule has 5 rings (SSSR count). The van der Waals surface area contributed by atoms with Crippen LogP contribution in [0.1, 0.15) is 24.1 Å². The molecule has 2 aromatic carbocycles. The molecule has 0 radical (unpaired) electrons. The van der Waals surface area contributed by atoms with Gasteiger partial charge in [-0.15, -0.1) is 0 Å². The lowest BCUT2D eigenvalue weighted by Crippen LogP contribution is -2.13. The Kier molecular flexibility index (Phi) is 5.82. The number of anilines is 1. The molecule has 168 valence electrons. The number of nitrogen functional groups attached to an aromatic ring is 1. The highest BCUT2D eigenvalue weighted by Crippen LogP contribution is 2.34. The molecule has 1 unspecified atom stereocenters. The first-order valence-corrected chi connectivity index (χ1v) is 11.1. The number of aryl methyl sites for hydroxylation is 1. The monoisotopic (exact) mass is 448 g/mol. The summed E-state index contributed by atoms with van der Waals surface area (Å²) in [5.74, 6) is 0.557. The van der Waals surface area contributed by atoms with Crippen LogP contribution in [0.4, 0.5) is 5.82 Å². The van der Waals surface area contributed by atoms with Crippen molar-refractivity contribution in [1.82, 2.24) is 25.1 Å². The molecule has 0 bridgehead atoms. The van der Waals surface area contributed by atoms with Crippen LogP contribution >= 0.6 is 0 Å². The quantitative estimate of drug-likeness (QED) is 0.380. The van der Waals surface area contributed by atoms with Crippen molar-refractivity contribution in [3.05, 3.63) is 90.4 Å². The van der Waals surface area contributed by atoms with E-state index in [9.17, 15) is 0 Å². The summed E-state index contributed by atoms with van der Waals surface area (Å²) >= 11 is 0. The SMILES string of the molecule is Cc1ccnnc1C(C)COc1nc(-c2ccc3ncccc3c2)c(-c2ccccc2)nc1N. The number of benzene rings is 2. The maximum absolute atomic E-state index is 6.31. The number of nitrogens with zero attached hydrogens (tertiary/aromatic N) is 5. The lowest BCUT2D eigenvalue weighted by Gasteiger charge is -2.16. The molecule has 0 aliphatic carbocycles. The Morgan fingerprint density at radius 3 is 2.53 bits per heavy atom. The van der Waals surface area contributed by atoms with E-state index in [1.807, 2.05) is 74.5 Å². The van der Waals surface area contributed by atoms with Crippen LogP contribution in [0.15, 0.2) is 79.1 Å². The minimum Gasteiger partial charge on any atom is -0.474 e. The smallest absolute Gasteiger partial charge is 0.257 e. The van der Waals surface area contributed by atoms with Gasteiger partial charge < -0.3 is 10.5 Å². The van der Waals surface area contributed by atoms with E-state index in [0.717, 1.165) is 33.3 Å². The highest BCUT2D eigenvalue weighted by molar-refractivity contribution is 5.87. The molecule has 1 atom stereocenters. The topological polar surface area (TPSA) is 99.7 Å². The minimum atomic E-state index is 0.0129. The summed E-state index contributed by atoms with van der Waals surface area (Å²) < 4.78 is 6.07. The van der Waals surface area contributed by atoms with Crippen molar-refractivity contribution in [3.63, 3.8) is 0 Å². The first-order valence-electron chi connectivity index (χ1n) is 11.1. The summed E-state index contributed by atoms with van der Waals surface area (Å²) in [4.78, 5) is 14.0. The van der Waals surface area contributed by atoms with Crippen LogP contribution in [-0.2, 0) is 0 Å². The van der Waals surface area contributed by atoms with Gasteiger partial charge in [-0.25, -0.2) is 9.97 Å². The molecule has 0 aliphatic heterocycles. The summed E-state index contributed by atoms with van der Waals surface area (Å²) in [5, 5.41) is 9.28. The Morgan fingerprint density at radius 2 is 1.71 bits per heavy atom. The second-order valence-corrected chi connectivity index (χ2v) is 8.20. The molecule has 3 aromatic heterocycles. The summed E-state index contributed by atoms with van der Waals surface area (Å²) in [6, 6.07) is 21.8. The predicted molar refractivity (Wildman–Crippen MR) is 133 cm³/mol. The van der Waals surface area contributed by atoms with Gasteiger partial charge in [-0.05, 0) is 36.8 Å². The van der Waals surface area contributed by atoms with Crippen molar-refractivity contribution in [2.45, 2.75) is 19.8 Å².